The van der Waals surface area contributed by atoms with Crippen LogP contribution in [-0.2, 0) is 6.42 Å². The van der Waals surface area contributed by atoms with E-state index < -0.39 is 0 Å². The van der Waals surface area contributed by atoms with Crippen LogP contribution in [0, 0.1) is 13.8 Å². The van der Waals surface area contributed by atoms with Gasteiger partial charge in [-0.05, 0) is 62.5 Å². The van der Waals surface area contributed by atoms with Crippen LogP contribution in [0.1, 0.15) is 36.1 Å². The summed E-state index contributed by atoms with van der Waals surface area (Å²) in [4.78, 5) is 0. The van der Waals surface area contributed by atoms with Crippen LogP contribution < -0.4 is 11.1 Å². The Hall–Kier alpha value is -2.74. The van der Waals surface area contributed by atoms with Crippen molar-refractivity contribution in [1.82, 2.24) is 5.32 Å². The molecule has 0 bridgehead atoms. The normalized spacial score (nSPS) is 12.5. The molecule has 0 aliphatic rings. The second-order valence-electron chi connectivity index (χ2n) is 6.92. The van der Waals surface area contributed by atoms with Crippen molar-refractivity contribution < 1.29 is 0 Å². The first-order chi connectivity index (χ1) is 12.4. The standard InChI is InChI=1S/C24H30N2/c1-17-9-11-22(12-10-17)13-14-26-21(5)20(4)24(25)16-19(3)23-8-6-7-18(2)15-23/h6-12,15-16,26H,5,13-14,25H2,1-4H3/b19-16+,24-20-. The van der Waals surface area contributed by atoms with Crippen molar-refractivity contribution in [3.8, 4) is 0 Å². The molecule has 26 heavy (non-hydrogen) atoms. The molecule has 0 aromatic heterocycles. The molecular formula is C24H30N2. The van der Waals surface area contributed by atoms with E-state index >= 15 is 0 Å². The Labute approximate surface area is 158 Å². The molecule has 0 aliphatic heterocycles. The first-order valence-electron chi connectivity index (χ1n) is 9.07. The second kappa shape index (κ2) is 9.10. The lowest BCUT2D eigenvalue weighted by Crippen LogP contribution is -2.18. The van der Waals surface area contributed by atoms with E-state index in [1.165, 1.54) is 22.3 Å². The maximum absolute atomic E-state index is 6.30. The molecule has 2 nitrogen and oxygen atoms in total. The zero-order valence-corrected chi connectivity index (χ0v) is 16.4. The molecule has 2 aromatic carbocycles. The van der Waals surface area contributed by atoms with Crippen LogP contribution in [0.3, 0.4) is 0 Å². The third-order valence-corrected chi connectivity index (χ3v) is 4.60. The van der Waals surface area contributed by atoms with Gasteiger partial charge in [-0.15, -0.1) is 0 Å². The highest BCUT2D eigenvalue weighted by Gasteiger charge is 2.03. The molecule has 3 N–H and O–H groups in total. The van der Waals surface area contributed by atoms with Gasteiger partial charge >= 0.3 is 0 Å². The maximum atomic E-state index is 6.30. The molecule has 2 aromatic rings. The third kappa shape index (κ3) is 5.66. The second-order valence-corrected chi connectivity index (χ2v) is 6.92. The summed E-state index contributed by atoms with van der Waals surface area (Å²) >= 11 is 0. The predicted octanol–water partition coefficient (Wildman–Crippen LogP) is 5.29. The lowest BCUT2D eigenvalue weighted by molar-refractivity contribution is 0.794. The van der Waals surface area contributed by atoms with Gasteiger partial charge in [-0.2, -0.15) is 0 Å². The Morgan fingerprint density at radius 1 is 1.04 bits per heavy atom. The Bertz CT molecular complexity index is 824. The van der Waals surface area contributed by atoms with E-state index in [1.54, 1.807) is 0 Å². The summed E-state index contributed by atoms with van der Waals surface area (Å²) in [6.07, 6.45) is 2.99. The Balaban J connectivity index is 1.98. The first-order valence-corrected chi connectivity index (χ1v) is 9.07. The number of allylic oxidation sites excluding steroid dienone is 3. The molecule has 0 radical (unpaired) electrons. The van der Waals surface area contributed by atoms with Gasteiger partial charge in [0.25, 0.3) is 0 Å². The maximum Gasteiger partial charge on any atom is 0.0367 e. The molecule has 0 spiro atoms. The molecule has 0 amide bonds. The van der Waals surface area contributed by atoms with E-state index in [0.717, 1.165) is 35.5 Å². The number of hydrogen-bond acceptors (Lipinski definition) is 2. The van der Waals surface area contributed by atoms with E-state index in [9.17, 15) is 0 Å². The van der Waals surface area contributed by atoms with Gasteiger partial charge in [0.1, 0.15) is 0 Å². The van der Waals surface area contributed by atoms with Gasteiger partial charge in [-0.1, -0.05) is 66.2 Å². The Morgan fingerprint density at radius 2 is 1.73 bits per heavy atom. The van der Waals surface area contributed by atoms with E-state index in [-0.39, 0.29) is 0 Å². The monoisotopic (exact) mass is 346 g/mol. The largest absolute Gasteiger partial charge is 0.398 e. The zero-order chi connectivity index (χ0) is 19.1. The van der Waals surface area contributed by atoms with E-state index in [0.29, 0.717) is 0 Å². The van der Waals surface area contributed by atoms with Gasteiger partial charge in [0.2, 0.25) is 0 Å². The van der Waals surface area contributed by atoms with Crippen molar-refractivity contribution in [3.63, 3.8) is 0 Å². The number of benzene rings is 2. The summed E-state index contributed by atoms with van der Waals surface area (Å²) < 4.78 is 0. The minimum Gasteiger partial charge on any atom is -0.398 e. The number of rotatable bonds is 7. The molecule has 0 unspecified atom stereocenters. The zero-order valence-electron chi connectivity index (χ0n) is 16.4. The van der Waals surface area contributed by atoms with Crippen molar-refractivity contribution in [1.29, 1.82) is 0 Å². The predicted molar refractivity (Wildman–Crippen MR) is 114 cm³/mol. The Kier molecular flexibility index (Phi) is 6.85. The average Bonchev–Trinajstić information content (AvgIpc) is 2.62. The van der Waals surface area contributed by atoms with Crippen molar-refractivity contribution in [2.75, 3.05) is 6.54 Å². The van der Waals surface area contributed by atoms with Gasteiger partial charge in [0, 0.05) is 17.9 Å². The van der Waals surface area contributed by atoms with Gasteiger partial charge < -0.3 is 11.1 Å². The minimum absolute atomic E-state index is 0.747. The molecule has 0 heterocycles. The quantitative estimate of drug-likeness (QED) is 0.669. The minimum atomic E-state index is 0.747. The fraction of sp³-hybridized carbons (Fsp3) is 0.250. The van der Waals surface area contributed by atoms with Crippen molar-refractivity contribution in [2.24, 2.45) is 5.73 Å². The molecule has 2 rings (SSSR count). The lowest BCUT2D eigenvalue weighted by Gasteiger charge is -2.12. The highest BCUT2D eigenvalue weighted by Crippen LogP contribution is 2.18. The van der Waals surface area contributed by atoms with Gasteiger partial charge in [-0.3, -0.25) is 0 Å². The topological polar surface area (TPSA) is 38.0 Å². The van der Waals surface area contributed by atoms with E-state index in [1.807, 2.05) is 13.0 Å². The van der Waals surface area contributed by atoms with Gasteiger partial charge in [0.15, 0.2) is 0 Å². The van der Waals surface area contributed by atoms with Crippen LogP contribution in [0.2, 0.25) is 0 Å². The molecule has 0 atom stereocenters. The van der Waals surface area contributed by atoms with Crippen LogP contribution in [0.4, 0.5) is 0 Å². The molecule has 0 fully saturated rings. The highest BCUT2D eigenvalue weighted by molar-refractivity contribution is 5.67. The number of aryl methyl sites for hydroxylation is 2. The van der Waals surface area contributed by atoms with Crippen molar-refractivity contribution in [3.05, 3.63) is 100 Å². The summed E-state index contributed by atoms with van der Waals surface area (Å²) in [6, 6.07) is 17.1. The van der Waals surface area contributed by atoms with Crippen molar-refractivity contribution >= 4 is 5.57 Å². The summed E-state index contributed by atoms with van der Waals surface area (Å²) in [5, 5.41) is 3.39. The Morgan fingerprint density at radius 3 is 2.38 bits per heavy atom. The van der Waals surface area contributed by atoms with E-state index in [2.05, 4.69) is 81.2 Å². The molecular weight excluding hydrogens is 316 g/mol. The molecule has 2 heteroatoms. The molecule has 0 saturated heterocycles. The SMILES string of the molecule is C=C(NCCc1ccc(C)cc1)/C(C)=C(N)/C=C(\C)c1cccc(C)c1. The fourth-order valence-corrected chi connectivity index (χ4v) is 2.73. The number of hydrogen-bond donors (Lipinski definition) is 2. The van der Waals surface area contributed by atoms with Gasteiger partial charge in [0.05, 0.1) is 0 Å². The number of nitrogens with two attached hydrogens (primary N) is 1. The molecule has 0 aliphatic carbocycles. The first kappa shape index (κ1) is 19.6. The average molecular weight is 347 g/mol. The highest BCUT2D eigenvalue weighted by atomic mass is 14.9. The summed E-state index contributed by atoms with van der Waals surface area (Å²) in [5.41, 5.74) is 15.1. The van der Waals surface area contributed by atoms with Crippen LogP contribution >= 0.6 is 0 Å². The fourth-order valence-electron chi connectivity index (χ4n) is 2.73. The summed E-state index contributed by atoms with van der Waals surface area (Å²) in [5.74, 6) is 0. The number of nitrogens with one attached hydrogen (secondary N) is 1. The van der Waals surface area contributed by atoms with Crippen LogP contribution in [0.25, 0.3) is 5.57 Å². The van der Waals surface area contributed by atoms with Crippen LogP contribution in [0.15, 0.2) is 78.2 Å². The molecule has 136 valence electrons. The van der Waals surface area contributed by atoms with Crippen LogP contribution in [-0.4, -0.2) is 6.54 Å². The van der Waals surface area contributed by atoms with E-state index in [4.69, 9.17) is 5.73 Å². The summed E-state index contributed by atoms with van der Waals surface area (Å²) in [6.45, 7) is 13.3. The summed E-state index contributed by atoms with van der Waals surface area (Å²) in [7, 11) is 0. The molecule has 0 saturated carbocycles. The van der Waals surface area contributed by atoms with Gasteiger partial charge in [-0.25, -0.2) is 0 Å². The van der Waals surface area contributed by atoms with Crippen molar-refractivity contribution in [2.45, 2.75) is 34.1 Å². The lowest BCUT2D eigenvalue weighted by atomic mass is 10.0. The van der Waals surface area contributed by atoms with Crippen LogP contribution in [0.5, 0.6) is 0 Å². The third-order valence-electron chi connectivity index (χ3n) is 4.60. The smallest absolute Gasteiger partial charge is 0.0367 e.